The number of pyridine rings is 1. The molecule has 0 fully saturated rings. The summed E-state index contributed by atoms with van der Waals surface area (Å²) in [5, 5.41) is 0. The summed E-state index contributed by atoms with van der Waals surface area (Å²) in [5.41, 5.74) is 8.02. The van der Waals surface area contributed by atoms with Crippen molar-refractivity contribution in [3.63, 3.8) is 0 Å². The summed E-state index contributed by atoms with van der Waals surface area (Å²) in [6.07, 6.45) is 5.35. The quantitative estimate of drug-likeness (QED) is 0.847. The third-order valence-corrected chi connectivity index (χ3v) is 3.03. The molecular weight excluding hydrogens is 226 g/mol. The summed E-state index contributed by atoms with van der Waals surface area (Å²) in [6, 6.07) is 6.01. The normalized spacial score (nSPS) is 11.1. The van der Waals surface area contributed by atoms with Gasteiger partial charge in [-0.05, 0) is 30.3 Å². The highest BCUT2D eigenvalue weighted by Gasteiger charge is 2.10. The van der Waals surface area contributed by atoms with Gasteiger partial charge in [0.1, 0.15) is 5.76 Å². The molecule has 2 aromatic rings. The fourth-order valence-electron chi connectivity index (χ4n) is 1.92. The number of hydrogen-bond donors (Lipinski definition) is 1. The molecule has 2 N–H and O–H groups in total. The van der Waals surface area contributed by atoms with Crippen molar-refractivity contribution in [2.45, 2.75) is 26.6 Å². The molecule has 4 heteroatoms. The number of furan rings is 1. The first-order valence-electron chi connectivity index (χ1n) is 6.20. The highest BCUT2D eigenvalue weighted by atomic mass is 16.3. The minimum absolute atomic E-state index is 0.526. The van der Waals surface area contributed by atoms with E-state index in [1.807, 2.05) is 30.6 Å². The van der Waals surface area contributed by atoms with E-state index in [1.54, 1.807) is 6.26 Å². The number of nitrogens with two attached hydrogens (primary N) is 1. The lowest BCUT2D eigenvalue weighted by molar-refractivity contribution is 0.246. The third kappa shape index (κ3) is 3.18. The van der Waals surface area contributed by atoms with Gasteiger partial charge in [0.15, 0.2) is 0 Å². The molecule has 0 saturated heterocycles. The highest BCUT2D eigenvalue weighted by Crippen LogP contribution is 2.14. The molecule has 0 aliphatic rings. The summed E-state index contributed by atoms with van der Waals surface area (Å²) in [7, 11) is 0. The van der Waals surface area contributed by atoms with Crippen LogP contribution in [0.2, 0.25) is 0 Å². The van der Waals surface area contributed by atoms with E-state index in [-0.39, 0.29) is 0 Å². The van der Waals surface area contributed by atoms with Crippen LogP contribution in [0.3, 0.4) is 0 Å². The minimum atomic E-state index is 0.526. The van der Waals surface area contributed by atoms with Gasteiger partial charge >= 0.3 is 0 Å². The smallest absolute Gasteiger partial charge is 0.122 e. The van der Waals surface area contributed by atoms with E-state index in [4.69, 9.17) is 10.2 Å². The lowest BCUT2D eigenvalue weighted by Gasteiger charge is -2.19. The Balaban J connectivity index is 2.02. The molecule has 2 heterocycles. The first-order chi connectivity index (χ1) is 8.83. The SMILES string of the molecule is CCN(Cc1ccncc1)Cc1occc1CN. The van der Waals surface area contributed by atoms with Crippen molar-refractivity contribution in [1.82, 2.24) is 9.88 Å². The largest absolute Gasteiger partial charge is 0.468 e. The second kappa shape index (κ2) is 6.33. The van der Waals surface area contributed by atoms with Gasteiger partial charge < -0.3 is 10.2 Å². The van der Waals surface area contributed by atoms with Crippen LogP contribution in [0.15, 0.2) is 41.3 Å². The molecule has 0 aliphatic carbocycles. The first-order valence-corrected chi connectivity index (χ1v) is 6.20. The van der Waals surface area contributed by atoms with Crippen molar-refractivity contribution in [2.24, 2.45) is 5.73 Å². The van der Waals surface area contributed by atoms with Crippen LogP contribution in [-0.4, -0.2) is 16.4 Å². The maximum atomic E-state index is 5.68. The molecule has 2 rings (SSSR count). The average Bonchev–Trinajstić information content (AvgIpc) is 2.86. The van der Waals surface area contributed by atoms with Crippen molar-refractivity contribution in [3.8, 4) is 0 Å². The van der Waals surface area contributed by atoms with E-state index in [1.165, 1.54) is 5.56 Å². The maximum Gasteiger partial charge on any atom is 0.122 e. The highest BCUT2D eigenvalue weighted by molar-refractivity contribution is 5.17. The van der Waals surface area contributed by atoms with Gasteiger partial charge in [0.2, 0.25) is 0 Å². The third-order valence-electron chi connectivity index (χ3n) is 3.03. The Morgan fingerprint density at radius 1 is 1.22 bits per heavy atom. The zero-order valence-corrected chi connectivity index (χ0v) is 10.7. The minimum Gasteiger partial charge on any atom is -0.468 e. The number of nitrogens with zero attached hydrogens (tertiary/aromatic N) is 2. The summed E-state index contributed by atoms with van der Waals surface area (Å²) >= 11 is 0. The fraction of sp³-hybridized carbons (Fsp3) is 0.357. The zero-order chi connectivity index (χ0) is 12.8. The molecule has 0 unspecified atom stereocenters. The molecule has 0 atom stereocenters. The predicted molar refractivity (Wildman–Crippen MR) is 70.6 cm³/mol. The molecule has 0 aliphatic heterocycles. The van der Waals surface area contributed by atoms with Crippen LogP contribution in [0.25, 0.3) is 0 Å². The van der Waals surface area contributed by atoms with Gasteiger partial charge in [0, 0.05) is 31.0 Å². The van der Waals surface area contributed by atoms with Crippen LogP contribution < -0.4 is 5.73 Å². The van der Waals surface area contributed by atoms with Crippen molar-refractivity contribution in [3.05, 3.63) is 53.7 Å². The Labute approximate surface area is 107 Å². The average molecular weight is 245 g/mol. The van der Waals surface area contributed by atoms with Crippen molar-refractivity contribution < 1.29 is 4.42 Å². The Morgan fingerprint density at radius 2 is 2.00 bits per heavy atom. The molecule has 0 amide bonds. The predicted octanol–water partition coefficient (Wildman–Crippen LogP) is 2.16. The van der Waals surface area contributed by atoms with Crippen LogP contribution in [-0.2, 0) is 19.6 Å². The monoisotopic (exact) mass is 245 g/mol. The summed E-state index contributed by atoms with van der Waals surface area (Å²) in [6.45, 7) is 5.32. The first kappa shape index (κ1) is 12.8. The molecule has 0 bridgehead atoms. The van der Waals surface area contributed by atoms with E-state index in [0.717, 1.165) is 31.0 Å². The van der Waals surface area contributed by atoms with Crippen LogP contribution in [0, 0.1) is 0 Å². The molecule has 0 saturated carbocycles. The van der Waals surface area contributed by atoms with Gasteiger partial charge in [-0.2, -0.15) is 0 Å². The Bertz CT molecular complexity index is 467. The molecular formula is C14H19N3O. The lowest BCUT2D eigenvalue weighted by Crippen LogP contribution is -2.22. The number of aromatic nitrogens is 1. The van der Waals surface area contributed by atoms with Gasteiger partial charge in [-0.15, -0.1) is 0 Å². The van der Waals surface area contributed by atoms with E-state index < -0.39 is 0 Å². The van der Waals surface area contributed by atoms with Crippen molar-refractivity contribution in [1.29, 1.82) is 0 Å². The van der Waals surface area contributed by atoms with Gasteiger partial charge in [0.25, 0.3) is 0 Å². The van der Waals surface area contributed by atoms with E-state index in [0.29, 0.717) is 6.54 Å². The van der Waals surface area contributed by atoms with Gasteiger partial charge in [0.05, 0.1) is 12.8 Å². The molecule has 18 heavy (non-hydrogen) atoms. The van der Waals surface area contributed by atoms with Crippen molar-refractivity contribution in [2.75, 3.05) is 6.54 Å². The van der Waals surface area contributed by atoms with E-state index >= 15 is 0 Å². The van der Waals surface area contributed by atoms with Crippen molar-refractivity contribution >= 4 is 0 Å². The Kier molecular flexibility index (Phi) is 4.50. The van der Waals surface area contributed by atoms with Crippen LogP contribution >= 0.6 is 0 Å². The topological polar surface area (TPSA) is 55.3 Å². The Morgan fingerprint density at radius 3 is 2.67 bits per heavy atom. The molecule has 4 nitrogen and oxygen atoms in total. The van der Waals surface area contributed by atoms with Gasteiger partial charge in [-0.3, -0.25) is 9.88 Å². The van der Waals surface area contributed by atoms with Crippen LogP contribution in [0.4, 0.5) is 0 Å². The fourth-order valence-corrected chi connectivity index (χ4v) is 1.92. The van der Waals surface area contributed by atoms with Crippen LogP contribution in [0.1, 0.15) is 23.8 Å². The standard InChI is InChI=1S/C14H19N3O/c1-2-17(10-12-3-6-16-7-4-12)11-14-13(9-15)5-8-18-14/h3-8H,2,9-11,15H2,1H3. The molecule has 0 aromatic carbocycles. The molecule has 0 radical (unpaired) electrons. The van der Waals surface area contributed by atoms with Crippen LogP contribution in [0.5, 0.6) is 0 Å². The zero-order valence-electron chi connectivity index (χ0n) is 10.7. The summed E-state index contributed by atoms with van der Waals surface area (Å²) in [4.78, 5) is 6.34. The van der Waals surface area contributed by atoms with Gasteiger partial charge in [-0.25, -0.2) is 0 Å². The number of hydrogen-bond acceptors (Lipinski definition) is 4. The van der Waals surface area contributed by atoms with Gasteiger partial charge in [-0.1, -0.05) is 6.92 Å². The summed E-state index contributed by atoms with van der Waals surface area (Å²) in [5.74, 6) is 0.966. The van der Waals surface area contributed by atoms with E-state index in [2.05, 4.69) is 16.8 Å². The Hall–Kier alpha value is -1.65. The summed E-state index contributed by atoms with van der Waals surface area (Å²) < 4.78 is 5.49. The molecule has 0 spiro atoms. The lowest BCUT2D eigenvalue weighted by atomic mass is 10.2. The molecule has 2 aromatic heterocycles. The molecule has 96 valence electrons. The number of rotatable bonds is 6. The second-order valence-electron chi connectivity index (χ2n) is 4.23. The second-order valence-corrected chi connectivity index (χ2v) is 4.23. The van der Waals surface area contributed by atoms with E-state index in [9.17, 15) is 0 Å². The maximum absolute atomic E-state index is 5.68.